The highest BCUT2D eigenvalue weighted by Gasteiger charge is 2.30. The van der Waals surface area contributed by atoms with Gasteiger partial charge in [0.1, 0.15) is 11.6 Å². The first kappa shape index (κ1) is 17.4. The number of hydrogen-bond donors (Lipinski definition) is 1. The van der Waals surface area contributed by atoms with Gasteiger partial charge in [-0.2, -0.15) is 0 Å². The van der Waals surface area contributed by atoms with Gasteiger partial charge in [0.25, 0.3) is 0 Å². The smallest absolute Gasteiger partial charge is 0.136 e. The van der Waals surface area contributed by atoms with Gasteiger partial charge in [-0.05, 0) is 31.5 Å². The van der Waals surface area contributed by atoms with Gasteiger partial charge in [-0.1, -0.05) is 13.8 Å². The van der Waals surface area contributed by atoms with E-state index in [1.807, 2.05) is 20.8 Å². The molecule has 1 N–H and O–H groups in total. The first-order chi connectivity index (χ1) is 9.46. The number of thioether (sulfide) groups is 1. The van der Waals surface area contributed by atoms with Crippen molar-refractivity contribution in [3.05, 3.63) is 29.8 Å². The van der Waals surface area contributed by atoms with E-state index < -0.39 is 11.4 Å². The molecule has 1 fully saturated rings. The molecule has 1 saturated heterocycles. The molecule has 1 atom stereocenters. The van der Waals surface area contributed by atoms with E-state index in [0.29, 0.717) is 17.2 Å². The largest absolute Gasteiger partial charge is 0.389 e. The molecule has 2 rings (SSSR count). The van der Waals surface area contributed by atoms with Gasteiger partial charge in [0.2, 0.25) is 0 Å². The van der Waals surface area contributed by atoms with Crippen molar-refractivity contribution in [3.63, 3.8) is 0 Å². The molecule has 2 nitrogen and oxygen atoms in total. The Labute approximate surface area is 124 Å². The number of nitrogens with zero attached hydrogens (tertiary/aromatic N) is 1. The summed E-state index contributed by atoms with van der Waals surface area (Å²) in [7, 11) is 0. The summed E-state index contributed by atoms with van der Waals surface area (Å²) >= 11 is 1.31. The fraction of sp³-hybridized carbons (Fsp3) is 0.600. The highest BCUT2D eigenvalue weighted by Crippen LogP contribution is 2.24. The normalized spacial score (nSPS) is 22.5. The predicted molar refractivity (Wildman–Crippen MR) is 80.1 cm³/mol. The SMILES string of the molecule is CC.CC1(O)CCN(CCSc2cc(F)ccc2F)C1. The maximum Gasteiger partial charge on any atom is 0.136 e. The van der Waals surface area contributed by atoms with Gasteiger partial charge < -0.3 is 5.11 Å². The molecule has 1 unspecified atom stereocenters. The van der Waals surface area contributed by atoms with Gasteiger partial charge in [-0.3, -0.25) is 4.90 Å². The maximum absolute atomic E-state index is 13.4. The van der Waals surface area contributed by atoms with Gasteiger partial charge in [0.15, 0.2) is 0 Å². The second kappa shape index (κ2) is 7.96. The van der Waals surface area contributed by atoms with Crippen LogP contribution < -0.4 is 0 Å². The zero-order valence-electron chi connectivity index (χ0n) is 12.3. The van der Waals surface area contributed by atoms with Crippen LogP contribution in [0.1, 0.15) is 27.2 Å². The van der Waals surface area contributed by atoms with E-state index in [-0.39, 0.29) is 5.82 Å². The summed E-state index contributed by atoms with van der Waals surface area (Å²) in [4.78, 5) is 2.49. The van der Waals surface area contributed by atoms with Crippen molar-refractivity contribution in [1.29, 1.82) is 0 Å². The molecule has 1 aromatic carbocycles. The van der Waals surface area contributed by atoms with Crippen molar-refractivity contribution in [2.45, 2.75) is 37.7 Å². The molecule has 0 amide bonds. The summed E-state index contributed by atoms with van der Waals surface area (Å²) in [6.45, 7) is 8.11. The summed E-state index contributed by atoms with van der Waals surface area (Å²) in [6.07, 6.45) is 0.770. The van der Waals surface area contributed by atoms with E-state index in [9.17, 15) is 13.9 Å². The Kier molecular flexibility index (Phi) is 6.92. The molecule has 0 aromatic heterocycles. The van der Waals surface area contributed by atoms with Crippen LogP contribution in [0.5, 0.6) is 0 Å². The molecule has 1 heterocycles. The van der Waals surface area contributed by atoms with Crippen LogP contribution in [0.2, 0.25) is 0 Å². The first-order valence-electron chi connectivity index (χ1n) is 6.99. The van der Waals surface area contributed by atoms with Crippen LogP contribution in [0.3, 0.4) is 0 Å². The van der Waals surface area contributed by atoms with Gasteiger partial charge in [-0.25, -0.2) is 8.78 Å². The first-order valence-corrected chi connectivity index (χ1v) is 7.97. The second-order valence-electron chi connectivity index (χ2n) is 4.95. The Morgan fingerprint density at radius 2 is 2.05 bits per heavy atom. The summed E-state index contributed by atoms with van der Waals surface area (Å²) in [6, 6.07) is 3.50. The Morgan fingerprint density at radius 3 is 2.65 bits per heavy atom. The van der Waals surface area contributed by atoms with Crippen LogP contribution in [-0.4, -0.2) is 41.0 Å². The average molecular weight is 303 g/mol. The predicted octanol–water partition coefficient (Wildman–Crippen LogP) is 3.54. The Morgan fingerprint density at radius 1 is 1.35 bits per heavy atom. The number of likely N-dealkylation sites (tertiary alicyclic amines) is 1. The van der Waals surface area contributed by atoms with Gasteiger partial charge in [-0.15, -0.1) is 11.8 Å². The highest BCUT2D eigenvalue weighted by molar-refractivity contribution is 7.99. The lowest BCUT2D eigenvalue weighted by atomic mass is 10.1. The lowest BCUT2D eigenvalue weighted by Gasteiger charge is -2.18. The second-order valence-corrected chi connectivity index (χ2v) is 6.08. The lowest BCUT2D eigenvalue weighted by Crippen LogP contribution is -2.30. The minimum absolute atomic E-state index is 0.348. The molecular weight excluding hydrogens is 280 g/mol. The van der Waals surface area contributed by atoms with Crippen LogP contribution in [0, 0.1) is 11.6 Å². The number of β-amino-alcohol motifs (C(OH)–C–C–N with tert-alkyl or cyclic N) is 1. The van der Waals surface area contributed by atoms with Crippen LogP contribution in [0.15, 0.2) is 23.1 Å². The number of benzene rings is 1. The van der Waals surface area contributed by atoms with E-state index >= 15 is 0 Å². The number of hydrogen-bond acceptors (Lipinski definition) is 3. The van der Waals surface area contributed by atoms with Crippen molar-refractivity contribution in [2.75, 3.05) is 25.4 Å². The van der Waals surface area contributed by atoms with Gasteiger partial charge in [0.05, 0.1) is 5.60 Å². The molecule has 20 heavy (non-hydrogen) atoms. The molecule has 1 aliphatic rings. The molecule has 114 valence electrons. The van der Waals surface area contributed by atoms with Crippen molar-refractivity contribution < 1.29 is 13.9 Å². The van der Waals surface area contributed by atoms with Crippen LogP contribution >= 0.6 is 11.8 Å². The third kappa shape index (κ3) is 5.38. The van der Waals surface area contributed by atoms with E-state index in [1.54, 1.807) is 0 Å². The lowest BCUT2D eigenvalue weighted by molar-refractivity contribution is 0.0696. The van der Waals surface area contributed by atoms with Gasteiger partial charge in [0, 0.05) is 30.3 Å². The fourth-order valence-electron chi connectivity index (χ4n) is 2.10. The van der Waals surface area contributed by atoms with E-state index in [4.69, 9.17) is 0 Å². The summed E-state index contributed by atoms with van der Waals surface area (Å²) in [5.41, 5.74) is -0.602. The Hall–Kier alpha value is -0.650. The molecule has 0 saturated carbocycles. The zero-order chi connectivity index (χ0) is 15.2. The molecule has 0 spiro atoms. The Balaban J connectivity index is 0.000000956. The van der Waals surface area contributed by atoms with E-state index in [0.717, 1.165) is 31.6 Å². The zero-order valence-corrected chi connectivity index (χ0v) is 13.1. The standard InChI is InChI=1S/C13H17F2NOS.C2H6/c1-13(17)4-5-16(9-13)6-7-18-12-8-10(14)2-3-11(12)15;1-2/h2-3,8,17H,4-7,9H2,1H3;1-2H3. The monoisotopic (exact) mass is 303 g/mol. The number of aliphatic hydroxyl groups is 1. The van der Waals surface area contributed by atoms with E-state index in [2.05, 4.69) is 4.90 Å². The molecule has 0 aliphatic carbocycles. The minimum Gasteiger partial charge on any atom is -0.389 e. The van der Waals surface area contributed by atoms with Crippen molar-refractivity contribution in [1.82, 2.24) is 4.90 Å². The molecule has 1 aromatic rings. The molecule has 0 radical (unpaired) electrons. The third-order valence-electron chi connectivity index (χ3n) is 3.09. The van der Waals surface area contributed by atoms with Gasteiger partial charge >= 0.3 is 0 Å². The molecule has 5 heteroatoms. The van der Waals surface area contributed by atoms with Crippen LogP contribution in [-0.2, 0) is 0 Å². The third-order valence-corrected chi connectivity index (χ3v) is 4.10. The average Bonchev–Trinajstić information content (AvgIpc) is 2.76. The number of rotatable bonds is 4. The fourth-order valence-corrected chi connectivity index (χ4v) is 3.07. The van der Waals surface area contributed by atoms with Crippen molar-refractivity contribution in [2.24, 2.45) is 0 Å². The van der Waals surface area contributed by atoms with E-state index in [1.165, 1.54) is 17.8 Å². The molecule has 0 bridgehead atoms. The maximum atomic E-state index is 13.4. The van der Waals surface area contributed by atoms with Crippen LogP contribution in [0.25, 0.3) is 0 Å². The summed E-state index contributed by atoms with van der Waals surface area (Å²) in [5.74, 6) is -0.103. The van der Waals surface area contributed by atoms with Crippen LogP contribution in [0.4, 0.5) is 8.78 Å². The quantitative estimate of drug-likeness (QED) is 0.861. The summed E-state index contributed by atoms with van der Waals surface area (Å²) in [5, 5.41) is 9.80. The summed E-state index contributed by atoms with van der Waals surface area (Å²) < 4.78 is 26.3. The Bertz CT molecular complexity index is 426. The van der Waals surface area contributed by atoms with Crippen molar-refractivity contribution in [3.8, 4) is 0 Å². The molecule has 1 aliphatic heterocycles. The minimum atomic E-state index is -0.602. The highest BCUT2D eigenvalue weighted by atomic mass is 32.2. The molecular formula is C15H23F2NOS. The van der Waals surface area contributed by atoms with Crippen molar-refractivity contribution >= 4 is 11.8 Å². The topological polar surface area (TPSA) is 23.5 Å². The number of halogens is 2.